The number of aliphatic carboxylic acids is 1. The summed E-state index contributed by atoms with van der Waals surface area (Å²) in [6.07, 6.45) is 0.208. The molecule has 1 amide bonds. The Balaban J connectivity index is 2.73. The van der Waals surface area contributed by atoms with Crippen LogP contribution in [0.25, 0.3) is 0 Å². The zero-order valence-corrected chi connectivity index (χ0v) is 9.78. The molecule has 1 unspecified atom stereocenters. The van der Waals surface area contributed by atoms with Crippen LogP contribution in [0.5, 0.6) is 0 Å². The lowest BCUT2D eigenvalue weighted by molar-refractivity contribution is -0.139. The quantitative estimate of drug-likeness (QED) is 0.697. The highest BCUT2D eigenvalue weighted by Crippen LogP contribution is 2.04. The molecule has 0 aliphatic carbocycles. The van der Waals surface area contributed by atoms with Crippen LogP contribution in [-0.4, -0.2) is 28.8 Å². The molecular formula is C11H12FNO3S. The van der Waals surface area contributed by atoms with Crippen molar-refractivity contribution in [2.75, 3.05) is 5.75 Å². The third-order valence-electron chi connectivity index (χ3n) is 2.11. The van der Waals surface area contributed by atoms with E-state index >= 15 is 0 Å². The zero-order chi connectivity index (χ0) is 12.8. The molecule has 0 radical (unpaired) electrons. The second-order valence-electron chi connectivity index (χ2n) is 3.39. The molecule has 1 atom stereocenters. The molecule has 0 spiro atoms. The Kier molecular flexibility index (Phi) is 4.96. The molecule has 17 heavy (non-hydrogen) atoms. The van der Waals surface area contributed by atoms with Gasteiger partial charge in [0.15, 0.2) is 0 Å². The summed E-state index contributed by atoms with van der Waals surface area (Å²) in [4.78, 5) is 22.4. The Bertz CT molecular complexity index is 425. The third-order valence-corrected chi connectivity index (χ3v) is 2.37. The van der Waals surface area contributed by atoms with E-state index in [0.717, 1.165) is 6.07 Å². The number of carboxylic acids is 1. The highest BCUT2D eigenvalue weighted by atomic mass is 32.1. The molecule has 1 aromatic rings. The minimum atomic E-state index is -1.14. The van der Waals surface area contributed by atoms with Gasteiger partial charge in [0.1, 0.15) is 11.9 Å². The van der Waals surface area contributed by atoms with Gasteiger partial charge in [-0.05, 0) is 30.4 Å². The number of rotatable bonds is 5. The van der Waals surface area contributed by atoms with E-state index in [1.807, 2.05) is 0 Å². The van der Waals surface area contributed by atoms with Gasteiger partial charge in [-0.1, -0.05) is 6.07 Å². The number of carbonyl (C=O) groups excluding carboxylic acids is 1. The van der Waals surface area contributed by atoms with Gasteiger partial charge in [-0.3, -0.25) is 4.79 Å². The van der Waals surface area contributed by atoms with Crippen LogP contribution >= 0.6 is 12.6 Å². The number of hydrogen-bond acceptors (Lipinski definition) is 3. The summed E-state index contributed by atoms with van der Waals surface area (Å²) in [5.41, 5.74) is 0.0930. The zero-order valence-electron chi connectivity index (χ0n) is 8.89. The van der Waals surface area contributed by atoms with Crippen LogP contribution < -0.4 is 5.32 Å². The molecule has 0 saturated heterocycles. The molecule has 0 bridgehead atoms. The van der Waals surface area contributed by atoms with Crippen LogP contribution in [0.1, 0.15) is 16.8 Å². The summed E-state index contributed by atoms with van der Waals surface area (Å²) in [6.45, 7) is 0. The first-order valence-electron chi connectivity index (χ1n) is 4.94. The largest absolute Gasteiger partial charge is 0.480 e. The number of nitrogens with one attached hydrogen (secondary N) is 1. The second kappa shape index (κ2) is 6.24. The van der Waals surface area contributed by atoms with E-state index < -0.39 is 23.7 Å². The first-order chi connectivity index (χ1) is 8.04. The van der Waals surface area contributed by atoms with Crippen LogP contribution in [0, 0.1) is 5.82 Å². The molecule has 0 heterocycles. The van der Waals surface area contributed by atoms with Crippen molar-refractivity contribution in [1.29, 1.82) is 0 Å². The van der Waals surface area contributed by atoms with Crippen LogP contribution in [0.15, 0.2) is 24.3 Å². The number of carbonyl (C=O) groups is 2. The van der Waals surface area contributed by atoms with Crippen LogP contribution in [0.3, 0.4) is 0 Å². The number of hydrogen-bond donors (Lipinski definition) is 3. The van der Waals surface area contributed by atoms with E-state index in [2.05, 4.69) is 17.9 Å². The Hall–Kier alpha value is -1.56. The van der Waals surface area contributed by atoms with Gasteiger partial charge in [-0.2, -0.15) is 12.6 Å². The van der Waals surface area contributed by atoms with Crippen molar-refractivity contribution in [2.24, 2.45) is 0 Å². The fraction of sp³-hybridized carbons (Fsp3) is 0.273. The number of carboxylic acid groups (broad SMARTS) is 1. The minimum Gasteiger partial charge on any atom is -0.480 e. The summed E-state index contributed by atoms with van der Waals surface area (Å²) in [7, 11) is 0. The summed E-state index contributed by atoms with van der Waals surface area (Å²) in [5, 5.41) is 11.1. The highest BCUT2D eigenvalue weighted by Gasteiger charge is 2.19. The summed E-state index contributed by atoms with van der Waals surface area (Å²) in [5.74, 6) is -1.96. The highest BCUT2D eigenvalue weighted by molar-refractivity contribution is 7.80. The first kappa shape index (κ1) is 13.5. The van der Waals surface area contributed by atoms with E-state index in [1.165, 1.54) is 18.2 Å². The van der Waals surface area contributed by atoms with Gasteiger partial charge in [-0.25, -0.2) is 9.18 Å². The molecule has 0 aliphatic heterocycles. The SMILES string of the molecule is O=C(NC(CCS)C(=O)O)c1cccc(F)c1. The van der Waals surface area contributed by atoms with Crippen molar-refractivity contribution in [3.8, 4) is 0 Å². The molecule has 2 N–H and O–H groups in total. The molecule has 6 heteroatoms. The number of amides is 1. The van der Waals surface area contributed by atoms with Crippen molar-refractivity contribution in [1.82, 2.24) is 5.32 Å². The van der Waals surface area contributed by atoms with E-state index in [1.54, 1.807) is 0 Å². The van der Waals surface area contributed by atoms with Crippen LogP contribution in [0.4, 0.5) is 4.39 Å². The predicted octanol–water partition coefficient (Wildman–Crippen LogP) is 1.33. The topological polar surface area (TPSA) is 66.4 Å². The van der Waals surface area contributed by atoms with E-state index in [-0.39, 0.29) is 12.0 Å². The van der Waals surface area contributed by atoms with Crippen LogP contribution in [-0.2, 0) is 4.79 Å². The van der Waals surface area contributed by atoms with Gasteiger partial charge < -0.3 is 10.4 Å². The van der Waals surface area contributed by atoms with Gasteiger partial charge >= 0.3 is 5.97 Å². The maximum atomic E-state index is 12.9. The maximum absolute atomic E-state index is 12.9. The van der Waals surface area contributed by atoms with Crippen molar-refractivity contribution < 1.29 is 19.1 Å². The van der Waals surface area contributed by atoms with E-state index in [4.69, 9.17) is 5.11 Å². The van der Waals surface area contributed by atoms with Crippen molar-refractivity contribution in [2.45, 2.75) is 12.5 Å². The Labute approximate surface area is 103 Å². The van der Waals surface area contributed by atoms with Crippen LogP contribution in [0.2, 0.25) is 0 Å². The lowest BCUT2D eigenvalue weighted by Crippen LogP contribution is -2.41. The van der Waals surface area contributed by atoms with Gasteiger partial charge in [0.25, 0.3) is 5.91 Å². The fourth-order valence-corrected chi connectivity index (χ4v) is 1.52. The lowest BCUT2D eigenvalue weighted by Gasteiger charge is -2.13. The van der Waals surface area contributed by atoms with E-state index in [9.17, 15) is 14.0 Å². The number of thiol groups is 1. The average Bonchev–Trinajstić information content (AvgIpc) is 2.28. The molecule has 92 valence electrons. The third kappa shape index (κ3) is 4.07. The molecule has 0 aliphatic rings. The monoisotopic (exact) mass is 257 g/mol. The summed E-state index contributed by atoms with van der Waals surface area (Å²) >= 11 is 3.91. The first-order valence-corrected chi connectivity index (χ1v) is 5.58. The summed E-state index contributed by atoms with van der Waals surface area (Å²) in [6, 6.07) is 4.05. The fourth-order valence-electron chi connectivity index (χ4n) is 1.26. The van der Waals surface area contributed by atoms with Gasteiger partial charge in [-0.15, -0.1) is 0 Å². The second-order valence-corrected chi connectivity index (χ2v) is 3.83. The maximum Gasteiger partial charge on any atom is 0.326 e. The van der Waals surface area contributed by atoms with Gasteiger partial charge in [0.05, 0.1) is 0 Å². The normalized spacial score (nSPS) is 11.9. The molecule has 0 fully saturated rings. The molecule has 4 nitrogen and oxygen atoms in total. The molecule has 0 aromatic heterocycles. The van der Waals surface area contributed by atoms with E-state index in [0.29, 0.717) is 5.75 Å². The standard InChI is InChI=1S/C11H12FNO3S/c12-8-3-1-2-7(6-8)10(14)13-9(4-5-17)11(15)16/h1-3,6,9,17H,4-5H2,(H,13,14)(H,15,16). The summed E-state index contributed by atoms with van der Waals surface area (Å²) < 4.78 is 12.9. The number of halogens is 1. The van der Waals surface area contributed by atoms with Crippen molar-refractivity contribution in [3.05, 3.63) is 35.6 Å². The Morgan fingerprint density at radius 3 is 2.71 bits per heavy atom. The van der Waals surface area contributed by atoms with Gasteiger partial charge in [0.2, 0.25) is 0 Å². The minimum absolute atomic E-state index is 0.0930. The molecule has 0 saturated carbocycles. The smallest absolute Gasteiger partial charge is 0.326 e. The van der Waals surface area contributed by atoms with Crippen molar-refractivity contribution >= 4 is 24.5 Å². The Morgan fingerprint density at radius 1 is 1.47 bits per heavy atom. The predicted molar refractivity (Wildman–Crippen MR) is 63.8 cm³/mol. The Morgan fingerprint density at radius 2 is 2.18 bits per heavy atom. The molecule has 1 aromatic carbocycles. The molecular weight excluding hydrogens is 245 g/mol. The molecule has 1 rings (SSSR count). The number of benzene rings is 1. The lowest BCUT2D eigenvalue weighted by atomic mass is 10.1. The van der Waals surface area contributed by atoms with Gasteiger partial charge in [0, 0.05) is 5.56 Å². The van der Waals surface area contributed by atoms with Crippen molar-refractivity contribution in [3.63, 3.8) is 0 Å². The average molecular weight is 257 g/mol.